The van der Waals surface area contributed by atoms with Crippen molar-refractivity contribution in [2.45, 2.75) is 19.3 Å². The van der Waals surface area contributed by atoms with Gasteiger partial charge in [-0.2, -0.15) is 0 Å². The summed E-state index contributed by atoms with van der Waals surface area (Å²) >= 11 is 0. The van der Waals surface area contributed by atoms with Crippen LogP contribution >= 0.6 is 0 Å². The number of nitrogens with one attached hydrogen (secondary N) is 1. The number of nitrogens with zero attached hydrogens (tertiary/aromatic N) is 1. The van der Waals surface area contributed by atoms with Crippen LogP contribution < -0.4 is 10.2 Å². The smallest absolute Gasteiger partial charge is 0.227 e. The molecule has 5 heteroatoms. The molecule has 0 radical (unpaired) electrons. The van der Waals surface area contributed by atoms with Crippen molar-refractivity contribution in [2.75, 3.05) is 18.0 Å². The standard InChI is InChI=1S/C15H17FN2O2/c16-12-3-1-2-4-13(12)18-9-11(7-14(18)19)15(20)17-8-10-5-6-10/h1-4,10-11H,5-9H2,(H,17,20)/t11-/m0/s1. The van der Waals surface area contributed by atoms with Crippen LogP contribution in [-0.2, 0) is 9.59 Å². The van der Waals surface area contributed by atoms with E-state index in [1.165, 1.54) is 23.8 Å². The molecule has 1 aromatic carbocycles. The fraction of sp³-hybridized carbons (Fsp3) is 0.467. The van der Waals surface area contributed by atoms with E-state index >= 15 is 0 Å². The highest BCUT2D eigenvalue weighted by atomic mass is 19.1. The third-order valence-corrected chi connectivity index (χ3v) is 3.90. The Hall–Kier alpha value is -1.91. The molecule has 0 bridgehead atoms. The second kappa shape index (κ2) is 5.23. The van der Waals surface area contributed by atoms with E-state index in [-0.39, 0.29) is 36.4 Å². The highest BCUT2D eigenvalue weighted by molar-refractivity contribution is 6.00. The van der Waals surface area contributed by atoms with Crippen molar-refractivity contribution >= 4 is 17.5 Å². The molecule has 20 heavy (non-hydrogen) atoms. The van der Waals surface area contributed by atoms with Crippen LogP contribution in [0, 0.1) is 17.7 Å². The van der Waals surface area contributed by atoms with Gasteiger partial charge in [0.25, 0.3) is 0 Å². The van der Waals surface area contributed by atoms with E-state index < -0.39 is 5.82 Å². The van der Waals surface area contributed by atoms with Crippen molar-refractivity contribution in [3.05, 3.63) is 30.1 Å². The summed E-state index contributed by atoms with van der Waals surface area (Å²) in [6.45, 7) is 0.958. The zero-order valence-corrected chi connectivity index (χ0v) is 11.1. The Bertz CT molecular complexity index is 542. The maximum Gasteiger partial charge on any atom is 0.227 e. The van der Waals surface area contributed by atoms with Gasteiger partial charge >= 0.3 is 0 Å². The molecule has 2 amide bonds. The fourth-order valence-electron chi connectivity index (χ4n) is 2.50. The highest BCUT2D eigenvalue weighted by Gasteiger charge is 2.36. The molecule has 3 rings (SSSR count). The minimum Gasteiger partial charge on any atom is -0.356 e. The SMILES string of the molecule is O=C(NCC1CC1)[C@H]1CC(=O)N(c2ccccc2F)C1. The van der Waals surface area contributed by atoms with Crippen molar-refractivity contribution < 1.29 is 14.0 Å². The number of benzene rings is 1. The Morgan fingerprint density at radius 1 is 1.35 bits per heavy atom. The van der Waals surface area contributed by atoms with E-state index in [1.54, 1.807) is 18.2 Å². The maximum atomic E-state index is 13.7. The molecule has 2 fully saturated rings. The van der Waals surface area contributed by atoms with Gasteiger partial charge in [0.1, 0.15) is 5.82 Å². The van der Waals surface area contributed by atoms with Crippen LogP contribution in [0.3, 0.4) is 0 Å². The van der Waals surface area contributed by atoms with Gasteiger partial charge in [-0.15, -0.1) is 0 Å². The van der Waals surface area contributed by atoms with Crippen LogP contribution in [0.15, 0.2) is 24.3 Å². The summed E-state index contributed by atoms with van der Waals surface area (Å²) < 4.78 is 13.7. The fourth-order valence-corrected chi connectivity index (χ4v) is 2.50. The Labute approximate surface area is 117 Å². The highest BCUT2D eigenvalue weighted by Crippen LogP contribution is 2.29. The number of hydrogen-bond acceptors (Lipinski definition) is 2. The second-order valence-corrected chi connectivity index (χ2v) is 5.55. The van der Waals surface area contributed by atoms with E-state index in [9.17, 15) is 14.0 Å². The third kappa shape index (κ3) is 2.66. The lowest BCUT2D eigenvalue weighted by Crippen LogP contribution is -2.34. The number of amides is 2. The number of rotatable bonds is 4. The lowest BCUT2D eigenvalue weighted by Gasteiger charge is -2.17. The number of anilines is 1. The minimum atomic E-state index is -0.431. The van der Waals surface area contributed by atoms with Gasteiger partial charge in [0, 0.05) is 19.5 Å². The molecule has 0 unspecified atom stereocenters. The summed E-state index contributed by atoms with van der Waals surface area (Å²) in [7, 11) is 0. The average molecular weight is 276 g/mol. The summed E-state index contributed by atoms with van der Waals surface area (Å²) in [4.78, 5) is 25.3. The van der Waals surface area contributed by atoms with E-state index in [0.717, 1.165) is 0 Å². The van der Waals surface area contributed by atoms with Crippen LogP contribution in [0.1, 0.15) is 19.3 Å². The van der Waals surface area contributed by atoms with Crippen LogP contribution in [0.2, 0.25) is 0 Å². The number of hydrogen-bond donors (Lipinski definition) is 1. The summed E-state index contributed by atoms with van der Waals surface area (Å²) in [6, 6.07) is 6.16. The molecule has 1 aliphatic carbocycles. The third-order valence-electron chi connectivity index (χ3n) is 3.90. The predicted octanol–water partition coefficient (Wildman–Crippen LogP) is 1.70. The quantitative estimate of drug-likeness (QED) is 0.910. The molecule has 0 aromatic heterocycles. The molecule has 0 spiro atoms. The molecule has 1 saturated heterocycles. The van der Waals surface area contributed by atoms with Crippen LogP contribution in [0.5, 0.6) is 0 Å². The van der Waals surface area contributed by atoms with E-state index in [2.05, 4.69) is 5.32 Å². The number of carbonyl (C=O) groups excluding carboxylic acids is 2. The molecule has 1 heterocycles. The molecule has 1 aromatic rings. The monoisotopic (exact) mass is 276 g/mol. The molecule has 1 atom stereocenters. The largest absolute Gasteiger partial charge is 0.356 e. The maximum absolute atomic E-state index is 13.7. The first-order valence-electron chi connectivity index (χ1n) is 6.98. The molecule has 1 saturated carbocycles. The summed E-state index contributed by atoms with van der Waals surface area (Å²) in [5, 5.41) is 2.88. The van der Waals surface area contributed by atoms with E-state index in [1.807, 2.05) is 0 Å². The van der Waals surface area contributed by atoms with Gasteiger partial charge in [-0.3, -0.25) is 9.59 Å². The van der Waals surface area contributed by atoms with Gasteiger partial charge in [0.15, 0.2) is 0 Å². The minimum absolute atomic E-state index is 0.0934. The van der Waals surface area contributed by atoms with Crippen LogP contribution in [0.25, 0.3) is 0 Å². The van der Waals surface area contributed by atoms with Crippen molar-refractivity contribution in [1.29, 1.82) is 0 Å². The molecular formula is C15H17FN2O2. The molecule has 1 aliphatic heterocycles. The average Bonchev–Trinajstić information content (AvgIpc) is 3.19. The van der Waals surface area contributed by atoms with Crippen molar-refractivity contribution in [3.63, 3.8) is 0 Å². The second-order valence-electron chi connectivity index (χ2n) is 5.55. The number of halogens is 1. The molecule has 1 N–H and O–H groups in total. The molecule has 4 nitrogen and oxygen atoms in total. The topological polar surface area (TPSA) is 49.4 Å². The van der Waals surface area contributed by atoms with E-state index in [4.69, 9.17) is 0 Å². The number of para-hydroxylation sites is 1. The van der Waals surface area contributed by atoms with Gasteiger partial charge in [-0.05, 0) is 30.9 Å². The molecular weight excluding hydrogens is 259 g/mol. The van der Waals surface area contributed by atoms with Crippen LogP contribution in [-0.4, -0.2) is 24.9 Å². The molecule has 2 aliphatic rings. The predicted molar refractivity (Wildman–Crippen MR) is 72.6 cm³/mol. The van der Waals surface area contributed by atoms with Crippen molar-refractivity contribution in [2.24, 2.45) is 11.8 Å². The normalized spacial score (nSPS) is 22.1. The first-order chi connectivity index (χ1) is 9.65. The zero-order chi connectivity index (χ0) is 14.1. The Morgan fingerprint density at radius 3 is 2.80 bits per heavy atom. The van der Waals surface area contributed by atoms with Gasteiger partial charge in [0.2, 0.25) is 11.8 Å². The van der Waals surface area contributed by atoms with Crippen LogP contribution in [0.4, 0.5) is 10.1 Å². The van der Waals surface area contributed by atoms with Gasteiger partial charge in [-0.1, -0.05) is 12.1 Å². The van der Waals surface area contributed by atoms with Gasteiger partial charge in [-0.25, -0.2) is 4.39 Å². The Balaban J connectivity index is 1.65. The Kier molecular flexibility index (Phi) is 3.42. The van der Waals surface area contributed by atoms with Crippen molar-refractivity contribution in [1.82, 2.24) is 5.32 Å². The van der Waals surface area contributed by atoms with E-state index in [0.29, 0.717) is 12.5 Å². The summed E-state index contributed by atoms with van der Waals surface area (Å²) in [6.07, 6.45) is 2.50. The lowest BCUT2D eigenvalue weighted by molar-refractivity contribution is -0.126. The first-order valence-corrected chi connectivity index (χ1v) is 6.98. The zero-order valence-electron chi connectivity index (χ0n) is 11.1. The van der Waals surface area contributed by atoms with Gasteiger partial charge in [0.05, 0.1) is 11.6 Å². The van der Waals surface area contributed by atoms with Crippen molar-refractivity contribution in [3.8, 4) is 0 Å². The number of carbonyl (C=O) groups is 2. The lowest BCUT2D eigenvalue weighted by atomic mass is 10.1. The Morgan fingerprint density at radius 2 is 2.10 bits per heavy atom. The molecule has 106 valence electrons. The summed E-state index contributed by atoms with van der Waals surface area (Å²) in [5.74, 6) is -0.481. The first kappa shape index (κ1) is 13.1. The summed E-state index contributed by atoms with van der Waals surface area (Å²) in [5.41, 5.74) is 0.259. The van der Waals surface area contributed by atoms with Gasteiger partial charge < -0.3 is 10.2 Å².